The minimum atomic E-state index is -4.05. The third-order valence-corrected chi connectivity index (χ3v) is 5.59. The Morgan fingerprint density at radius 2 is 1.78 bits per heavy atom. The molecule has 0 saturated carbocycles. The standard InChI is InChI=1S/C10H12O6S2/c11-9-6-17(12,13)7-10(9)16-18(14,15)8-4-2-1-3-5-8/h1-5,9-11H,6-7H2/t9-,10+/m1/s1. The van der Waals surface area contributed by atoms with Gasteiger partial charge in [0.15, 0.2) is 9.84 Å². The second kappa shape index (κ2) is 4.61. The molecule has 1 fully saturated rings. The third-order valence-electron chi connectivity index (χ3n) is 2.55. The number of aliphatic hydroxyl groups excluding tert-OH is 1. The fourth-order valence-electron chi connectivity index (χ4n) is 1.69. The average Bonchev–Trinajstić information content (AvgIpc) is 2.52. The van der Waals surface area contributed by atoms with Crippen molar-refractivity contribution in [3.63, 3.8) is 0 Å². The van der Waals surface area contributed by atoms with Crippen molar-refractivity contribution in [1.82, 2.24) is 0 Å². The summed E-state index contributed by atoms with van der Waals surface area (Å²) in [7, 11) is -7.49. The maximum absolute atomic E-state index is 11.8. The van der Waals surface area contributed by atoms with Gasteiger partial charge >= 0.3 is 0 Å². The first-order chi connectivity index (χ1) is 8.30. The van der Waals surface area contributed by atoms with E-state index in [0.717, 1.165) is 0 Å². The first-order valence-corrected chi connectivity index (χ1v) is 8.40. The van der Waals surface area contributed by atoms with Gasteiger partial charge in [0.1, 0.15) is 6.10 Å². The van der Waals surface area contributed by atoms with Gasteiger partial charge in [-0.15, -0.1) is 0 Å². The van der Waals surface area contributed by atoms with Gasteiger partial charge in [-0.05, 0) is 12.1 Å². The Hall–Kier alpha value is -0.960. The molecule has 1 saturated heterocycles. The smallest absolute Gasteiger partial charge is 0.297 e. The van der Waals surface area contributed by atoms with Crippen LogP contribution in [0.4, 0.5) is 0 Å². The third kappa shape index (κ3) is 2.89. The minimum Gasteiger partial charge on any atom is -0.389 e. The number of hydrogen-bond donors (Lipinski definition) is 1. The Bertz CT molecular complexity index is 620. The normalized spacial score (nSPS) is 27.2. The van der Waals surface area contributed by atoms with E-state index in [1.807, 2.05) is 0 Å². The molecular formula is C10H12O6S2. The van der Waals surface area contributed by atoms with E-state index in [4.69, 9.17) is 4.18 Å². The zero-order valence-corrected chi connectivity index (χ0v) is 10.9. The van der Waals surface area contributed by atoms with Gasteiger partial charge in [0.2, 0.25) is 0 Å². The molecule has 2 rings (SSSR count). The lowest BCUT2D eigenvalue weighted by atomic mass is 10.3. The lowest BCUT2D eigenvalue weighted by molar-refractivity contribution is 0.0780. The highest BCUT2D eigenvalue weighted by Crippen LogP contribution is 2.21. The Balaban J connectivity index is 2.20. The van der Waals surface area contributed by atoms with Crippen molar-refractivity contribution in [2.75, 3.05) is 11.5 Å². The summed E-state index contributed by atoms with van der Waals surface area (Å²) in [6.07, 6.45) is -2.55. The van der Waals surface area contributed by atoms with E-state index >= 15 is 0 Å². The largest absolute Gasteiger partial charge is 0.389 e. The molecule has 0 unspecified atom stereocenters. The fourth-order valence-corrected chi connectivity index (χ4v) is 4.57. The molecule has 0 bridgehead atoms. The maximum Gasteiger partial charge on any atom is 0.297 e. The van der Waals surface area contributed by atoms with Crippen molar-refractivity contribution in [3.05, 3.63) is 30.3 Å². The summed E-state index contributed by atoms with van der Waals surface area (Å²) in [4.78, 5) is -0.0681. The Kier molecular flexibility index (Phi) is 3.45. The summed E-state index contributed by atoms with van der Waals surface area (Å²) >= 11 is 0. The van der Waals surface area contributed by atoms with Gasteiger partial charge in [-0.1, -0.05) is 18.2 Å². The van der Waals surface area contributed by atoms with Gasteiger partial charge in [-0.2, -0.15) is 8.42 Å². The molecule has 18 heavy (non-hydrogen) atoms. The number of aliphatic hydroxyl groups is 1. The number of benzene rings is 1. The van der Waals surface area contributed by atoms with Crippen molar-refractivity contribution >= 4 is 20.0 Å². The second-order valence-electron chi connectivity index (χ2n) is 4.05. The summed E-state index contributed by atoms with van der Waals surface area (Å²) < 4.78 is 50.9. The Morgan fingerprint density at radius 1 is 1.17 bits per heavy atom. The minimum absolute atomic E-state index is 0.0681. The van der Waals surface area contributed by atoms with Crippen molar-refractivity contribution < 1.29 is 26.1 Å². The van der Waals surface area contributed by atoms with Crippen molar-refractivity contribution in [2.24, 2.45) is 0 Å². The second-order valence-corrected chi connectivity index (χ2v) is 7.77. The van der Waals surface area contributed by atoms with Crippen LogP contribution in [0.1, 0.15) is 0 Å². The summed E-state index contributed by atoms with van der Waals surface area (Å²) in [6.45, 7) is 0. The molecule has 1 heterocycles. The van der Waals surface area contributed by atoms with Crippen molar-refractivity contribution in [1.29, 1.82) is 0 Å². The first-order valence-electron chi connectivity index (χ1n) is 5.17. The SMILES string of the molecule is O=S1(=O)C[C@@H](O)[C@@H](OS(=O)(=O)c2ccccc2)C1. The van der Waals surface area contributed by atoms with E-state index in [1.54, 1.807) is 6.07 Å². The van der Waals surface area contributed by atoms with Crippen molar-refractivity contribution in [2.45, 2.75) is 17.1 Å². The van der Waals surface area contributed by atoms with Crippen LogP contribution in [0.15, 0.2) is 35.2 Å². The van der Waals surface area contributed by atoms with Crippen LogP contribution in [0, 0.1) is 0 Å². The highest BCUT2D eigenvalue weighted by Gasteiger charge is 2.40. The predicted octanol–water partition coefficient (Wildman–Crippen LogP) is -0.450. The first kappa shape index (κ1) is 13.5. The Labute approximate surface area is 105 Å². The summed E-state index contributed by atoms with van der Waals surface area (Å²) in [5.41, 5.74) is 0. The quantitative estimate of drug-likeness (QED) is 0.758. The molecule has 0 aromatic heterocycles. The molecule has 0 radical (unpaired) electrons. The monoisotopic (exact) mass is 292 g/mol. The number of sulfone groups is 1. The summed E-state index contributed by atoms with van der Waals surface area (Å²) in [5.74, 6) is -0.956. The van der Waals surface area contributed by atoms with Crippen LogP contribution in [0.25, 0.3) is 0 Å². The van der Waals surface area contributed by atoms with Gasteiger partial charge in [-0.3, -0.25) is 4.18 Å². The molecule has 1 aromatic rings. The molecule has 8 heteroatoms. The van der Waals surface area contributed by atoms with E-state index < -0.39 is 43.7 Å². The van der Waals surface area contributed by atoms with E-state index in [2.05, 4.69) is 0 Å². The molecule has 1 aliphatic heterocycles. The fraction of sp³-hybridized carbons (Fsp3) is 0.400. The molecule has 1 aliphatic rings. The van der Waals surface area contributed by atoms with Gasteiger partial charge in [0.25, 0.3) is 10.1 Å². The lowest BCUT2D eigenvalue weighted by Gasteiger charge is -2.13. The zero-order valence-electron chi connectivity index (χ0n) is 9.26. The van der Waals surface area contributed by atoms with Gasteiger partial charge in [0.05, 0.1) is 22.5 Å². The molecule has 0 spiro atoms. The van der Waals surface area contributed by atoms with Gasteiger partial charge in [0, 0.05) is 0 Å². The van der Waals surface area contributed by atoms with E-state index in [-0.39, 0.29) is 4.90 Å². The molecule has 100 valence electrons. The van der Waals surface area contributed by atoms with Crippen LogP contribution in [-0.2, 0) is 24.1 Å². The van der Waals surface area contributed by atoms with Crippen molar-refractivity contribution in [3.8, 4) is 0 Å². The molecule has 1 aromatic carbocycles. The predicted molar refractivity (Wildman–Crippen MR) is 63.2 cm³/mol. The molecule has 1 N–H and O–H groups in total. The van der Waals surface area contributed by atoms with E-state index in [9.17, 15) is 21.9 Å². The molecule has 0 amide bonds. The number of hydrogen-bond acceptors (Lipinski definition) is 6. The molecule has 2 atom stereocenters. The zero-order chi connectivity index (χ0) is 13.4. The summed E-state index contributed by atoms with van der Waals surface area (Å²) in [5, 5.41) is 9.47. The average molecular weight is 292 g/mol. The van der Waals surface area contributed by atoms with Crippen LogP contribution < -0.4 is 0 Å². The lowest BCUT2D eigenvalue weighted by Crippen LogP contribution is -2.29. The van der Waals surface area contributed by atoms with E-state index in [1.165, 1.54) is 24.3 Å². The van der Waals surface area contributed by atoms with Crippen LogP contribution in [0.2, 0.25) is 0 Å². The van der Waals surface area contributed by atoms with Crippen LogP contribution in [0.5, 0.6) is 0 Å². The molecule has 0 aliphatic carbocycles. The van der Waals surface area contributed by atoms with Crippen LogP contribution in [0.3, 0.4) is 0 Å². The maximum atomic E-state index is 11.8. The van der Waals surface area contributed by atoms with E-state index in [0.29, 0.717) is 0 Å². The van der Waals surface area contributed by atoms with Crippen LogP contribution in [-0.4, -0.2) is 45.7 Å². The highest BCUT2D eigenvalue weighted by molar-refractivity contribution is 7.91. The molecule has 6 nitrogen and oxygen atoms in total. The van der Waals surface area contributed by atoms with Gasteiger partial charge in [-0.25, -0.2) is 8.42 Å². The van der Waals surface area contributed by atoms with Crippen LogP contribution >= 0.6 is 0 Å². The van der Waals surface area contributed by atoms with Gasteiger partial charge < -0.3 is 5.11 Å². The topological polar surface area (TPSA) is 97.7 Å². The highest BCUT2D eigenvalue weighted by atomic mass is 32.2. The molecular weight excluding hydrogens is 280 g/mol. The number of rotatable bonds is 3. The Morgan fingerprint density at radius 3 is 2.28 bits per heavy atom. The summed E-state index contributed by atoms with van der Waals surface area (Å²) in [6, 6.07) is 7.38.